The van der Waals surface area contributed by atoms with E-state index in [1.165, 1.54) is 24.3 Å². The van der Waals surface area contributed by atoms with Gasteiger partial charge in [-0.2, -0.15) is 0 Å². The molecule has 1 heterocycles. The van der Waals surface area contributed by atoms with E-state index in [4.69, 9.17) is 0 Å². The standard InChI is InChI=1S/C24H19F3N2O2/c1-15(30)19-4-2-3-5-20(19)17-9-12-21-22(14-17)29-23(28-21)13-8-16-6-10-18(11-7-16)31-24(25,26)27/h2-15,30H,1H3,(H,28,29). The van der Waals surface area contributed by atoms with E-state index < -0.39 is 12.5 Å². The number of hydrogen-bond donors (Lipinski definition) is 2. The fraction of sp³-hybridized carbons (Fsp3) is 0.125. The van der Waals surface area contributed by atoms with Crippen molar-refractivity contribution < 1.29 is 23.0 Å². The summed E-state index contributed by atoms with van der Waals surface area (Å²) in [6.45, 7) is 1.73. The third-order valence-electron chi connectivity index (χ3n) is 4.77. The van der Waals surface area contributed by atoms with Gasteiger partial charge in [-0.3, -0.25) is 0 Å². The SMILES string of the molecule is CC(O)c1ccccc1-c1ccc2nc(C=Cc3ccc(OC(F)(F)F)cc3)[nH]c2c1. The maximum absolute atomic E-state index is 12.2. The summed E-state index contributed by atoms with van der Waals surface area (Å²) in [5.41, 5.74) is 5.09. The predicted molar refractivity (Wildman–Crippen MR) is 114 cm³/mol. The van der Waals surface area contributed by atoms with Gasteiger partial charge in [0.1, 0.15) is 11.6 Å². The van der Waals surface area contributed by atoms with Crippen molar-refractivity contribution in [3.8, 4) is 16.9 Å². The van der Waals surface area contributed by atoms with Gasteiger partial charge in [0.05, 0.1) is 17.1 Å². The van der Waals surface area contributed by atoms with Crippen LogP contribution in [-0.4, -0.2) is 21.4 Å². The van der Waals surface area contributed by atoms with Crippen molar-refractivity contribution in [1.82, 2.24) is 9.97 Å². The zero-order chi connectivity index (χ0) is 22.0. The number of benzene rings is 3. The number of aliphatic hydroxyl groups excluding tert-OH is 1. The molecule has 158 valence electrons. The number of ether oxygens (including phenoxy) is 1. The Labute approximate surface area is 176 Å². The highest BCUT2D eigenvalue weighted by molar-refractivity contribution is 5.84. The summed E-state index contributed by atoms with van der Waals surface area (Å²) in [5.74, 6) is 0.352. The summed E-state index contributed by atoms with van der Waals surface area (Å²) in [6, 6.07) is 19.1. The molecular weight excluding hydrogens is 405 g/mol. The van der Waals surface area contributed by atoms with Gasteiger partial charge in [-0.05, 0) is 59.5 Å². The number of nitrogens with zero attached hydrogens (tertiary/aromatic N) is 1. The molecule has 2 N–H and O–H groups in total. The molecule has 1 atom stereocenters. The molecule has 1 unspecified atom stereocenters. The molecule has 0 bridgehead atoms. The average molecular weight is 424 g/mol. The summed E-state index contributed by atoms with van der Waals surface area (Å²) < 4.78 is 40.6. The first-order chi connectivity index (χ1) is 14.8. The van der Waals surface area contributed by atoms with E-state index in [9.17, 15) is 18.3 Å². The lowest BCUT2D eigenvalue weighted by Crippen LogP contribution is -2.16. The lowest BCUT2D eigenvalue weighted by atomic mass is 9.96. The number of halogens is 3. The largest absolute Gasteiger partial charge is 0.573 e. The van der Waals surface area contributed by atoms with Crippen molar-refractivity contribution >= 4 is 23.2 Å². The molecule has 7 heteroatoms. The van der Waals surface area contributed by atoms with Gasteiger partial charge in [-0.25, -0.2) is 4.98 Å². The minimum Gasteiger partial charge on any atom is -0.406 e. The number of rotatable bonds is 5. The Morgan fingerprint density at radius 1 is 1.00 bits per heavy atom. The predicted octanol–water partition coefficient (Wildman–Crippen LogP) is 6.35. The number of fused-ring (bicyclic) bond motifs is 1. The summed E-state index contributed by atoms with van der Waals surface area (Å²) >= 11 is 0. The zero-order valence-electron chi connectivity index (χ0n) is 16.5. The molecule has 0 amide bonds. The summed E-state index contributed by atoms with van der Waals surface area (Å²) in [4.78, 5) is 7.75. The van der Waals surface area contributed by atoms with E-state index in [-0.39, 0.29) is 5.75 Å². The van der Waals surface area contributed by atoms with E-state index >= 15 is 0 Å². The highest BCUT2D eigenvalue weighted by Crippen LogP contribution is 2.30. The van der Waals surface area contributed by atoms with Crippen LogP contribution in [0.3, 0.4) is 0 Å². The fourth-order valence-corrected chi connectivity index (χ4v) is 3.36. The maximum Gasteiger partial charge on any atom is 0.573 e. The van der Waals surface area contributed by atoms with Gasteiger partial charge in [-0.15, -0.1) is 13.2 Å². The fourth-order valence-electron chi connectivity index (χ4n) is 3.36. The van der Waals surface area contributed by atoms with Crippen molar-refractivity contribution in [3.05, 3.63) is 83.7 Å². The van der Waals surface area contributed by atoms with Crippen LogP contribution < -0.4 is 4.74 Å². The lowest BCUT2D eigenvalue weighted by molar-refractivity contribution is -0.274. The molecule has 0 saturated carbocycles. The summed E-state index contributed by atoms with van der Waals surface area (Å²) in [5, 5.41) is 10.0. The highest BCUT2D eigenvalue weighted by Gasteiger charge is 2.30. The second kappa shape index (κ2) is 8.28. The molecule has 31 heavy (non-hydrogen) atoms. The third kappa shape index (κ3) is 4.95. The Kier molecular flexibility index (Phi) is 5.52. The number of aromatic amines is 1. The van der Waals surface area contributed by atoms with Crippen molar-refractivity contribution in [2.24, 2.45) is 0 Å². The quantitative estimate of drug-likeness (QED) is 0.392. The van der Waals surface area contributed by atoms with E-state index in [0.717, 1.165) is 27.7 Å². The van der Waals surface area contributed by atoms with Crippen LogP contribution in [-0.2, 0) is 0 Å². The van der Waals surface area contributed by atoms with Crippen molar-refractivity contribution in [2.45, 2.75) is 19.4 Å². The summed E-state index contributed by atoms with van der Waals surface area (Å²) in [7, 11) is 0. The monoisotopic (exact) mass is 424 g/mol. The molecule has 0 aliphatic carbocycles. The number of nitrogens with one attached hydrogen (secondary N) is 1. The Morgan fingerprint density at radius 3 is 2.45 bits per heavy atom. The van der Waals surface area contributed by atoms with Crippen LogP contribution in [0.2, 0.25) is 0 Å². The molecule has 0 radical (unpaired) electrons. The second-order valence-corrected chi connectivity index (χ2v) is 7.07. The van der Waals surface area contributed by atoms with E-state index in [2.05, 4.69) is 14.7 Å². The first kappa shape index (κ1) is 20.7. The molecule has 0 aliphatic rings. The van der Waals surface area contributed by atoms with Crippen LogP contribution in [0.15, 0.2) is 66.7 Å². The minimum atomic E-state index is -4.71. The average Bonchev–Trinajstić information content (AvgIpc) is 3.14. The number of H-pyrrole nitrogens is 1. The molecule has 0 spiro atoms. The third-order valence-corrected chi connectivity index (χ3v) is 4.77. The molecule has 0 fully saturated rings. The molecule has 0 aliphatic heterocycles. The van der Waals surface area contributed by atoms with Crippen LogP contribution in [0.1, 0.15) is 30.0 Å². The molecule has 3 aromatic carbocycles. The Hall–Kier alpha value is -3.58. The topological polar surface area (TPSA) is 58.1 Å². The van der Waals surface area contributed by atoms with Crippen LogP contribution in [0.4, 0.5) is 13.2 Å². The number of aliphatic hydroxyl groups is 1. The molecule has 4 aromatic rings. The maximum atomic E-state index is 12.2. The van der Waals surface area contributed by atoms with E-state index in [0.29, 0.717) is 11.4 Å². The molecule has 4 rings (SSSR count). The van der Waals surface area contributed by atoms with Crippen LogP contribution in [0, 0.1) is 0 Å². The van der Waals surface area contributed by atoms with Crippen LogP contribution in [0.5, 0.6) is 5.75 Å². The van der Waals surface area contributed by atoms with Gasteiger partial charge in [0, 0.05) is 0 Å². The van der Waals surface area contributed by atoms with E-state index in [1.54, 1.807) is 19.1 Å². The summed E-state index contributed by atoms with van der Waals surface area (Å²) in [6.07, 6.45) is -1.79. The highest BCUT2D eigenvalue weighted by atomic mass is 19.4. The van der Waals surface area contributed by atoms with Gasteiger partial charge < -0.3 is 14.8 Å². The van der Waals surface area contributed by atoms with Crippen molar-refractivity contribution in [2.75, 3.05) is 0 Å². The van der Waals surface area contributed by atoms with Crippen molar-refractivity contribution in [3.63, 3.8) is 0 Å². The van der Waals surface area contributed by atoms with Gasteiger partial charge in [-0.1, -0.05) is 48.5 Å². The number of aromatic nitrogens is 2. The molecular formula is C24H19F3N2O2. The van der Waals surface area contributed by atoms with Crippen LogP contribution >= 0.6 is 0 Å². The van der Waals surface area contributed by atoms with Gasteiger partial charge in [0.2, 0.25) is 0 Å². The van der Waals surface area contributed by atoms with Crippen LogP contribution in [0.25, 0.3) is 34.3 Å². The zero-order valence-corrected chi connectivity index (χ0v) is 16.5. The molecule has 0 saturated heterocycles. The Bertz CT molecular complexity index is 1230. The van der Waals surface area contributed by atoms with Gasteiger partial charge >= 0.3 is 6.36 Å². The normalized spacial score (nSPS) is 13.1. The van der Waals surface area contributed by atoms with Gasteiger partial charge in [0.25, 0.3) is 0 Å². The Morgan fingerprint density at radius 2 is 1.74 bits per heavy atom. The molecule has 1 aromatic heterocycles. The smallest absolute Gasteiger partial charge is 0.406 e. The second-order valence-electron chi connectivity index (χ2n) is 7.07. The Balaban J connectivity index is 1.56. The molecule has 4 nitrogen and oxygen atoms in total. The first-order valence-corrected chi connectivity index (χ1v) is 9.59. The minimum absolute atomic E-state index is 0.265. The number of imidazole rings is 1. The van der Waals surface area contributed by atoms with Gasteiger partial charge in [0.15, 0.2) is 0 Å². The number of hydrogen-bond acceptors (Lipinski definition) is 3. The lowest BCUT2D eigenvalue weighted by Gasteiger charge is -2.11. The van der Waals surface area contributed by atoms with Crippen molar-refractivity contribution in [1.29, 1.82) is 0 Å². The number of alkyl halides is 3. The first-order valence-electron chi connectivity index (χ1n) is 9.59. The van der Waals surface area contributed by atoms with E-state index in [1.807, 2.05) is 42.5 Å².